The molecule has 0 aromatic heterocycles. The Bertz CT molecular complexity index is 581. The van der Waals surface area contributed by atoms with E-state index in [4.69, 9.17) is 9.47 Å². The van der Waals surface area contributed by atoms with Gasteiger partial charge in [-0.25, -0.2) is 9.59 Å². The molecule has 0 amide bonds. The van der Waals surface area contributed by atoms with Crippen LogP contribution in [0.2, 0.25) is 0 Å². The van der Waals surface area contributed by atoms with Crippen LogP contribution in [0.15, 0.2) is 60.7 Å². The van der Waals surface area contributed by atoms with Crippen molar-refractivity contribution < 1.29 is 19.1 Å². The van der Waals surface area contributed by atoms with Gasteiger partial charge in [0.25, 0.3) is 0 Å². The van der Waals surface area contributed by atoms with E-state index in [0.717, 1.165) is 11.1 Å². The Kier molecular flexibility index (Phi) is 3.69. The maximum Gasteiger partial charge on any atom is 0.420 e. The normalized spacial score (nSPS) is 15.1. The predicted molar refractivity (Wildman–Crippen MR) is 75.3 cm³/mol. The fourth-order valence-corrected chi connectivity index (χ4v) is 2.48. The van der Waals surface area contributed by atoms with E-state index in [1.54, 1.807) is 0 Å². The lowest BCUT2D eigenvalue weighted by Gasteiger charge is -2.20. The number of hydrogen-bond acceptors (Lipinski definition) is 4. The largest absolute Gasteiger partial charge is 0.420 e. The van der Waals surface area contributed by atoms with E-state index < -0.39 is 18.2 Å². The molecule has 0 bridgehead atoms. The molecule has 0 unspecified atom stereocenters. The van der Waals surface area contributed by atoms with Crippen molar-refractivity contribution in [3.05, 3.63) is 71.8 Å². The van der Waals surface area contributed by atoms with Crippen molar-refractivity contribution >= 4 is 11.9 Å². The highest BCUT2D eigenvalue weighted by atomic mass is 16.8. The minimum atomic E-state index is -0.917. The van der Waals surface area contributed by atoms with Gasteiger partial charge < -0.3 is 9.47 Å². The second kappa shape index (κ2) is 5.79. The third-order valence-electron chi connectivity index (χ3n) is 3.48. The maximum absolute atomic E-state index is 11.1. The molecule has 0 N–H and O–H groups in total. The fraction of sp³-hybridized carbons (Fsp3) is 0.176. The summed E-state index contributed by atoms with van der Waals surface area (Å²) in [6, 6.07) is 19.8. The van der Waals surface area contributed by atoms with E-state index in [9.17, 15) is 9.59 Å². The van der Waals surface area contributed by atoms with Gasteiger partial charge in [-0.2, -0.15) is 0 Å². The number of benzene rings is 2. The van der Waals surface area contributed by atoms with Crippen LogP contribution in [0.5, 0.6) is 0 Å². The van der Waals surface area contributed by atoms with E-state index in [2.05, 4.69) is 0 Å². The van der Waals surface area contributed by atoms with E-state index in [1.807, 2.05) is 60.7 Å². The van der Waals surface area contributed by atoms with Crippen molar-refractivity contribution in [2.45, 2.75) is 18.6 Å². The van der Waals surface area contributed by atoms with E-state index in [-0.39, 0.29) is 5.92 Å². The average Bonchev–Trinajstić information content (AvgIpc) is 2.85. The molecule has 3 rings (SSSR count). The zero-order chi connectivity index (χ0) is 14.7. The minimum Gasteiger partial charge on any atom is -0.417 e. The van der Waals surface area contributed by atoms with Gasteiger partial charge >= 0.3 is 11.9 Å². The van der Waals surface area contributed by atoms with Gasteiger partial charge in [0.1, 0.15) is 0 Å². The van der Waals surface area contributed by atoms with Crippen LogP contribution in [-0.4, -0.2) is 18.2 Å². The average molecular weight is 282 g/mol. The van der Waals surface area contributed by atoms with Crippen molar-refractivity contribution in [1.82, 2.24) is 0 Å². The summed E-state index contributed by atoms with van der Waals surface area (Å²) in [6.45, 7) is 0. The predicted octanol–water partition coefficient (Wildman–Crippen LogP) is 2.63. The summed E-state index contributed by atoms with van der Waals surface area (Å²) < 4.78 is 9.87. The standard InChI is InChI=1S/C17H14O4/c18-16-17(19)21-15(20-16)11-14(12-7-3-1-4-8-12)13-9-5-2-6-10-13/h1-10,14-15H,11H2. The third-order valence-corrected chi connectivity index (χ3v) is 3.48. The number of cyclic esters (lactones) is 2. The summed E-state index contributed by atoms with van der Waals surface area (Å²) >= 11 is 0. The van der Waals surface area contributed by atoms with Crippen molar-refractivity contribution in [2.75, 3.05) is 0 Å². The van der Waals surface area contributed by atoms with Gasteiger partial charge in [0.2, 0.25) is 6.29 Å². The Morgan fingerprint density at radius 2 is 1.19 bits per heavy atom. The Balaban J connectivity index is 1.87. The number of esters is 2. The number of carbonyl (C=O) groups is 2. The molecule has 1 fully saturated rings. The number of hydrogen-bond donors (Lipinski definition) is 0. The molecule has 1 saturated heterocycles. The lowest BCUT2D eigenvalue weighted by Crippen LogP contribution is -2.15. The molecule has 1 aliphatic rings. The third kappa shape index (κ3) is 2.94. The molecule has 0 saturated carbocycles. The Morgan fingerprint density at radius 1 is 0.762 bits per heavy atom. The lowest BCUT2D eigenvalue weighted by molar-refractivity contribution is -0.150. The van der Waals surface area contributed by atoms with Crippen molar-refractivity contribution in [3.8, 4) is 0 Å². The molecule has 4 heteroatoms. The van der Waals surface area contributed by atoms with Gasteiger partial charge in [-0.15, -0.1) is 0 Å². The number of carbonyl (C=O) groups excluding carboxylic acids is 2. The van der Waals surface area contributed by atoms with Crippen LogP contribution in [0.1, 0.15) is 23.5 Å². The van der Waals surface area contributed by atoms with Crippen LogP contribution < -0.4 is 0 Å². The molecule has 106 valence electrons. The molecule has 0 atom stereocenters. The number of ether oxygens (including phenoxy) is 2. The van der Waals surface area contributed by atoms with Crippen LogP contribution in [0.25, 0.3) is 0 Å². The van der Waals surface area contributed by atoms with E-state index >= 15 is 0 Å². The molecule has 4 nitrogen and oxygen atoms in total. The fourth-order valence-electron chi connectivity index (χ4n) is 2.48. The molecule has 2 aromatic rings. The first kappa shape index (κ1) is 13.4. The first-order chi connectivity index (χ1) is 10.2. The molecule has 1 aliphatic heterocycles. The second-order valence-corrected chi connectivity index (χ2v) is 4.85. The summed E-state index contributed by atoms with van der Waals surface area (Å²) in [5.41, 5.74) is 2.17. The van der Waals surface area contributed by atoms with Gasteiger partial charge in [0.05, 0.1) is 0 Å². The molecule has 0 aliphatic carbocycles. The summed E-state index contributed by atoms with van der Waals surface area (Å²) in [5, 5.41) is 0. The van der Waals surface area contributed by atoms with Gasteiger partial charge in [-0.3, -0.25) is 0 Å². The topological polar surface area (TPSA) is 52.6 Å². The first-order valence-electron chi connectivity index (χ1n) is 6.75. The zero-order valence-corrected chi connectivity index (χ0v) is 11.3. The zero-order valence-electron chi connectivity index (χ0n) is 11.3. The molecule has 0 radical (unpaired) electrons. The highest BCUT2D eigenvalue weighted by Gasteiger charge is 2.36. The molecule has 1 heterocycles. The minimum absolute atomic E-state index is 0.00361. The highest BCUT2D eigenvalue weighted by molar-refractivity contribution is 6.30. The summed E-state index contributed by atoms with van der Waals surface area (Å²) in [4.78, 5) is 22.3. The quantitative estimate of drug-likeness (QED) is 0.639. The van der Waals surface area contributed by atoms with Crippen molar-refractivity contribution in [1.29, 1.82) is 0 Å². The smallest absolute Gasteiger partial charge is 0.417 e. The second-order valence-electron chi connectivity index (χ2n) is 4.85. The molecule has 0 spiro atoms. The summed E-state index contributed by atoms with van der Waals surface area (Å²) in [7, 11) is 0. The summed E-state index contributed by atoms with van der Waals surface area (Å²) in [6.07, 6.45) is -0.415. The molecular formula is C17H14O4. The molecule has 21 heavy (non-hydrogen) atoms. The highest BCUT2D eigenvalue weighted by Crippen LogP contribution is 2.31. The van der Waals surface area contributed by atoms with E-state index in [1.165, 1.54) is 0 Å². The monoisotopic (exact) mass is 282 g/mol. The SMILES string of the molecule is O=C1OC(CC(c2ccccc2)c2ccccc2)OC1=O. The number of rotatable bonds is 4. The van der Waals surface area contributed by atoms with Crippen LogP contribution >= 0.6 is 0 Å². The first-order valence-corrected chi connectivity index (χ1v) is 6.75. The van der Waals surface area contributed by atoms with Crippen LogP contribution in [0.3, 0.4) is 0 Å². The van der Waals surface area contributed by atoms with Crippen LogP contribution in [0.4, 0.5) is 0 Å². The van der Waals surface area contributed by atoms with Gasteiger partial charge in [-0.1, -0.05) is 60.7 Å². The molecule has 2 aromatic carbocycles. The Morgan fingerprint density at radius 3 is 1.62 bits per heavy atom. The Hall–Kier alpha value is -2.62. The summed E-state index contributed by atoms with van der Waals surface area (Å²) in [5.74, 6) is -1.84. The van der Waals surface area contributed by atoms with Gasteiger partial charge in [0, 0.05) is 12.3 Å². The lowest BCUT2D eigenvalue weighted by atomic mass is 9.88. The van der Waals surface area contributed by atoms with Crippen LogP contribution in [0, 0.1) is 0 Å². The van der Waals surface area contributed by atoms with Crippen molar-refractivity contribution in [3.63, 3.8) is 0 Å². The van der Waals surface area contributed by atoms with Crippen LogP contribution in [-0.2, 0) is 19.1 Å². The van der Waals surface area contributed by atoms with Gasteiger partial charge in [0.15, 0.2) is 0 Å². The Labute approximate surface area is 122 Å². The maximum atomic E-state index is 11.1. The molecular weight excluding hydrogens is 268 g/mol. The van der Waals surface area contributed by atoms with Gasteiger partial charge in [-0.05, 0) is 11.1 Å². The van der Waals surface area contributed by atoms with Crippen molar-refractivity contribution in [2.24, 2.45) is 0 Å². The van der Waals surface area contributed by atoms with E-state index in [0.29, 0.717) is 6.42 Å².